The third-order valence-corrected chi connectivity index (χ3v) is 6.32. The van der Waals surface area contributed by atoms with Gasteiger partial charge >= 0.3 is 5.97 Å². The molecular formula is C27H40N4O4. The molecule has 8 heteroatoms. The Morgan fingerprint density at radius 2 is 1.97 bits per heavy atom. The van der Waals surface area contributed by atoms with Crippen molar-refractivity contribution in [2.45, 2.75) is 76.4 Å². The fourth-order valence-electron chi connectivity index (χ4n) is 4.23. The highest BCUT2D eigenvalue weighted by Crippen LogP contribution is 2.18. The predicted molar refractivity (Wildman–Crippen MR) is 137 cm³/mol. The van der Waals surface area contributed by atoms with Crippen molar-refractivity contribution in [3.05, 3.63) is 35.9 Å². The van der Waals surface area contributed by atoms with Gasteiger partial charge in [0.1, 0.15) is 5.78 Å². The van der Waals surface area contributed by atoms with Crippen molar-refractivity contribution < 1.29 is 19.5 Å². The van der Waals surface area contributed by atoms with Gasteiger partial charge in [0.25, 0.3) is 0 Å². The summed E-state index contributed by atoms with van der Waals surface area (Å²) in [6.07, 6.45) is 5.07. The van der Waals surface area contributed by atoms with Crippen molar-refractivity contribution in [3.8, 4) is 11.8 Å². The molecule has 1 aliphatic rings. The van der Waals surface area contributed by atoms with Gasteiger partial charge in [0.05, 0.1) is 24.0 Å². The molecule has 0 aliphatic carbocycles. The number of ketones is 1. The molecule has 1 aromatic rings. The highest BCUT2D eigenvalue weighted by molar-refractivity contribution is 5.85. The van der Waals surface area contributed by atoms with Gasteiger partial charge in [0, 0.05) is 19.4 Å². The number of nitrogens with one attached hydrogen (secondary N) is 3. The second-order valence-corrected chi connectivity index (χ2v) is 9.18. The maximum Gasteiger partial charge on any atom is 0.306 e. The van der Waals surface area contributed by atoms with E-state index in [2.05, 4.69) is 27.8 Å². The zero-order valence-corrected chi connectivity index (χ0v) is 20.7. The number of piperidine rings is 1. The number of hydrogen-bond acceptors (Lipinski definition) is 6. The van der Waals surface area contributed by atoms with Crippen LogP contribution in [0.25, 0.3) is 0 Å². The number of rotatable bonds is 15. The summed E-state index contributed by atoms with van der Waals surface area (Å²) in [5, 5.41) is 18.7. The van der Waals surface area contributed by atoms with Gasteiger partial charge in [-0.3, -0.25) is 14.4 Å². The molecule has 1 amide bonds. The Kier molecular flexibility index (Phi) is 13.1. The monoisotopic (exact) mass is 484 g/mol. The Labute approximate surface area is 208 Å². The van der Waals surface area contributed by atoms with Gasteiger partial charge in [-0.25, -0.2) is 0 Å². The van der Waals surface area contributed by atoms with Crippen molar-refractivity contribution in [2.24, 2.45) is 11.7 Å². The molecule has 0 aromatic heterocycles. The Morgan fingerprint density at radius 3 is 2.69 bits per heavy atom. The van der Waals surface area contributed by atoms with Crippen molar-refractivity contribution in [2.75, 3.05) is 19.6 Å². The van der Waals surface area contributed by atoms with Crippen LogP contribution in [0.5, 0.6) is 0 Å². The number of benzene rings is 1. The number of Topliss-reactive ketones (excluding diaryl/α,β-unsaturated/α-hetero) is 1. The van der Waals surface area contributed by atoms with Crippen LogP contribution in [-0.2, 0) is 20.8 Å². The molecule has 6 N–H and O–H groups in total. The SMILES string of the molecule is CC#CC[C@H](CNCCCCCC(=O)C1CC(C(=O)O)CCN1)NC(=O)[C@H](N)Cc1ccccc1. The molecule has 8 nitrogen and oxygen atoms in total. The zero-order chi connectivity index (χ0) is 25.5. The minimum Gasteiger partial charge on any atom is -0.481 e. The molecule has 2 unspecified atom stereocenters. The summed E-state index contributed by atoms with van der Waals surface area (Å²) >= 11 is 0. The fourth-order valence-corrected chi connectivity index (χ4v) is 4.23. The first-order valence-electron chi connectivity index (χ1n) is 12.6. The van der Waals surface area contributed by atoms with Crippen LogP contribution in [0.3, 0.4) is 0 Å². The quantitative estimate of drug-likeness (QED) is 0.189. The lowest BCUT2D eigenvalue weighted by Crippen LogP contribution is -2.49. The van der Waals surface area contributed by atoms with Gasteiger partial charge in [-0.05, 0) is 57.7 Å². The van der Waals surface area contributed by atoms with E-state index in [0.29, 0.717) is 45.2 Å². The Balaban J connectivity index is 1.63. The number of carbonyl (C=O) groups excluding carboxylic acids is 2. The molecule has 192 valence electrons. The molecule has 1 saturated heterocycles. The first-order valence-corrected chi connectivity index (χ1v) is 12.6. The number of amides is 1. The van der Waals surface area contributed by atoms with Gasteiger partial charge in [-0.1, -0.05) is 36.8 Å². The number of carboxylic acids is 1. The van der Waals surface area contributed by atoms with E-state index in [1.165, 1.54) is 0 Å². The number of nitrogens with two attached hydrogens (primary N) is 1. The molecule has 0 bridgehead atoms. The number of hydrogen-bond donors (Lipinski definition) is 5. The lowest BCUT2D eigenvalue weighted by Gasteiger charge is -2.27. The van der Waals surface area contributed by atoms with Gasteiger partial charge in [-0.2, -0.15) is 0 Å². The summed E-state index contributed by atoms with van der Waals surface area (Å²) in [6, 6.07) is 8.64. The van der Waals surface area contributed by atoms with Crippen molar-refractivity contribution >= 4 is 17.7 Å². The molecule has 0 radical (unpaired) electrons. The van der Waals surface area contributed by atoms with E-state index in [-0.39, 0.29) is 23.8 Å². The van der Waals surface area contributed by atoms with Gasteiger partial charge in [-0.15, -0.1) is 11.8 Å². The van der Waals surface area contributed by atoms with Crippen molar-refractivity contribution in [1.29, 1.82) is 0 Å². The number of carbonyl (C=O) groups is 3. The molecule has 0 saturated carbocycles. The second-order valence-electron chi connectivity index (χ2n) is 9.18. The van der Waals surface area contributed by atoms with Crippen LogP contribution in [-0.4, -0.2) is 60.5 Å². The van der Waals surface area contributed by atoms with E-state index < -0.39 is 17.9 Å². The van der Waals surface area contributed by atoms with E-state index >= 15 is 0 Å². The van der Waals surface area contributed by atoms with Crippen LogP contribution in [0.15, 0.2) is 30.3 Å². The van der Waals surface area contributed by atoms with Gasteiger partial charge in [0.2, 0.25) is 5.91 Å². The van der Waals surface area contributed by atoms with Crippen LogP contribution in [0.2, 0.25) is 0 Å². The van der Waals surface area contributed by atoms with Crippen LogP contribution in [0, 0.1) is 17.8 Å². The van der Waals surface area contributed by atoms with Crippen LogP contribution < -0.4 is 21.7 Å². The average molecular weight is 485 g/mol. The Hall–Kier alpha value is -2.73. The minimum atomic E-state index is -0.812. The van der Waals surface area contributed by atoms with Crippen LogP contribution in [0.1, 0.15) is 57.4 Å². The smallest absolute Gasteiger partial charge is 0.306 e. The Morgan fingerprint density at radius 1 is 1.20 bits per heavy atom. The third-order valence-electron chi connectivity index (χ3n) is 6.32. The zero-order valence-electron chi connectivity index (χ0n) is 20.7. The van der Waals surface area contributed by atoms with E-state index in [1.54, 1.807) is 6.92 Å². The average Bonchev–Trinajstić information content (AvgIpc) is 2.86. The largest absolute Gasteiger partial charge is 0.481 e. The molecule has 2 rings (SSSR count). The highest BCUT2D eigenvalue weighted by atomic mass is 16.4. The van der Waals surface area contributed by atoms with Gasteiger partial charge in [0.15, 0.2) is 0 Å². The lowest BCUT2D eigenvalue weighted by atomic mass is 9.89. The predicted octanol–water partition coefficient (Wildman–Crippen LogP) is 1.63. The van der Waals surface area contributed by atoms with Crippen molar-refractivity contribution in [3.63, 3.8) is 0 Å². The van der Waals surface area contributed by atoms with Crippen LogP contribution >= 0.6 is 0 Å². The molecule has 0 spiro atoms. The molecule has 4 atom stereocenters. The van der Waals surface area contributed by atoms with E-state index in [9.17, 15) is 19.5 Å². The van der Waals surface area contributed by atoms with E-state index in [0.717, 1.165) is 31.4 Å². The summed E-state index contributed by atoms with van der Waals surface area (Å²) < 4.78 is 0. The fraction of sp³-hybridized carbons (Fsp3) is 0.593. The maximum atomic E-state index is 12.6. The van der Waals surface area contributed by atoms with Crippen molar-refractivity contribution in [1.82, 2.24) is 16.0 Å². The summed E-state index contributed by atoms with van der Waals surface area (Å²) in [5.41, 5.74) is 7.13. The minimum absolute atomic E-state index is 0.108. The summed E-state index contributed by atoms with van der Waals surface area (Å²) in [7, 11) is 0. The summed E-state index contributed by atoms with van der Waals surface area (Å²) in [4.78, 5) is 36.1. The lowest BCUT2D eigenvalue weighted by molar-refractivity contribution is -0.143. The van der Waals surface area contributed by atoms with E-state index in [4.69, 9.17) is 5.73 Å². The highest BCUT2D eigenvalue weighted by Gasteiger charge is 2.30. The molecule has 1 heterocycles. The third kappa shape index (κ3) is 11.0. The summed E-state index contributed by atoms with van der Waals surface area (Å²) in [6.45, 7) is 3.73. The first kappa shape index (κ1) is 28.5. The molecule has 35 heavy (non-hydrogen) atoms. The van der Waals surface area contributed by atoms with Gasteiger partial charge < -0.3 is 26.8 Å². The Bertz CT molecular complexity index is 865. The molecule has 1 fully saturated rings. The number of aliphatic carboxylic acids is 1. The standard InChI is InChI=1S/C27H40N4O4/c1-2-3-12-22(31-26(33)23(28)17-20-10-6-4-7-11-20)19-29-15-9-5-8-13-25(32)24-18-21(27(34)35)14-16-30-24/h4,6-7,10-11,21-24,29-30H,5,8-9,12-19,28H2,1H3,(H,31,33)(H,34,35)/t21?,22-,23-,24?/m1/s1. The van der Waals surface area contributed by atoms with E-state index in [1.807, 2.05) is 30.3 Å². The first-order chi connectivity index (χ1) is 16.9. The maximum absolute atomic E-state index is 12.6. The normalized spacial score (nSPS) is 19.1. The summed E-state index contributed by atoms with van der Waals surface area (Å²) in [5.74, 6) is 4.60. The molecule has 1 aromatic carbocycles. The number of carboxylic acid groups (broad SMARTS) is 1. The number of unbranched alkanes of at least 4 members (excludes halogenated alkanes) is 2. The molecule has 1 aliphatic heterocycles. The topological polar surface area (TPSA) is 134 Å². The second kappa shape index (κ2) is 16.0. The van der Waals surface area contributed by atoms with Crippen LogP contribution in [0.4, 0.5) is 0 Å². The molecular weight excluding hydrogens is 444 g/mol.